The lowest BCUT2D eigenvalue weighted by Gasteiger charge is -2.47. The third-order valence-electron chi connectivity index (χ3n) is 5.23. The predicted octanol–water partition coefficient (Wildman–Crippen LogP) is 3.60. The van der Waals surface area contributed by atoms with E-state index in [1.165, 1.54) is 11.6 Å². The fraction of sp³-hybridized carbons (Fsp3) is 0.550. The highest BCUT2D eigenvalue weighted by molar-refractivity contribution is 5.77. The number of halogens is 1. The average Bonchev–Trinajstić information content (AvgIpc) is 2.55. The number of amides is 1. The van der Waals surface area contributed by atoms with Crippen LogP contribution in [0.5, 0.6) is 0 Å². The van der Waals surface area contributed by atoms with Crippen LogP contribution < -0.4 is 0 Å². The number of fused-ring (bicyclic) bond motifs is 1. The third kappa shape index (κ3) is 4.04. The summed E-state index contributed by atoms with van der Waals surface area (Å²) >= 11 is 0. The largest absolute Gasteiger partial charge is 0.335 e. The van der Waals surface area contributed by atoms with Crippen molar-refractivity contribution in [1.82, 2.24) is 9.80 Å². The number of allylic oxidation sites excluding steroid dienone is 1. The molecule has 0 spiro atoms. The summed E-state index contributed by atoms with van der Waals surface area (Å²) in [7, 11) is 0. The predicted molar refractivity (Wildman–Crippen MR) is 94.0 cm³/mol. The summed E-state index contributed by atoms with van der Waals surface area (Å²) in [5.41, 5.74) is 2.24. The maximum Gasteiger partial charge on any atom is 0.223 e. The lowest BCUT2D eigenvalue weighted by atomic mass is 9.83. The zero-order valence-corrected chi connectivity index (χ0v) is 14.7. The van der Waals surface area contributed by atoms with Crippen LogP contribution in [0.3, 0.4) is 0 Å². The first kappa shape index (κ1) is 17.2. The third-order valence-corrected chi connectivity index (χ3v) is 5.23. The van der Waals surface area contributed by atoms with Crippen molar-refractivity contribution in [3.63, 3.8) is 0 Å². The van der Waals surface area contributed by atoms with Crippen LogP contribution in [0.4, 0.5) is 4.39 Å². The van der Waals surface area contributed by atoms with Crippen LogP contribution in [0.15, 0.2) is 35.9 Å². The van der Waals surface area contributed by atoms with Crippen LogP contribution in [0, 0.1) is 11.7 Å². The van der Waals surface area contributed by atoms with E-state index in [-0.39, 0.29) is 11.7 Å². The van der Waals surface area contributed by atoms with Gasteiger partial charge < -0.3 is 4.90 Å². The van der Waals surface area contributed by atoms with E-state index < -0.39 is 0 Å². The number of piperidine rings is 2. The molecule has 0 aliphatic carbocycles. The molecule has 3 rings (SSSR count). The second kappa shape index (κ2) is 7.47. The van der Waals surface area contributed by atoms with Crippen molar-refractivity contribution < 1.29 is 9.18 Å². The molecular weight excluding hydrogens is 303 g/mol. The molecule has 130 valence electrons. The van der Waals surface area contributed by atoms with Crippen LogP contribution in [-0.4, -0.2) is 41.4 Å². The standard InChI is InChI=1S/C20H27FN2O/c1-15(2)8-10-22-11-9-19-17(14-22)6-7-20(24)23(19)13-16-4-3-5-18(21)12-16/h3-5,8,12,17,19H,6-7,9-11,13-14H2,1-2H3/t17-,19+/m1/s1. The number of hydrogen-bond acceptors (Lipinski definition) is 2. The molecule has 2 fully saturated rings. The molecule has 24 heavy (non-hydrogen) atoms. The molecule has 3 nitrogen and oxygen atoms in total. The zero-order chi connectivity index (χ0) is 17.1. The molecule has 2 aliphatic heterocycles. The Morgan fingerprint density at radius 3 is 2.92 bits per heavy atom. The Labute approximate surface area is 144 Å². The molecule has 0 radical (unpaired) electrons. The SMILES string of the molecule is CC(C)=CCN1CC[C@H]2[C@H](CCC(=O)N2Cc2cccc(F)c2)C1. The molecular formula is C20H27FN2O. The maximum atomic E-state index is 13.4. The Balaban J connectivity index is 1.68. The molecule has 0 bridgehead atoms. The Morgan fingerprint density at radius 2 is 2.17 bits per heavy atom. The Kier molecular flexibility index (Phi) is 5.34. The van der Waals surface area contributed by atoms with Crippen LogP contribution >= 0.6 is 0 Å². The number of hydrogen-bond donors (Lipinski definition) is 0. The minimum atomic E-state index is -0.231. The topological polar surface area (TPSA) is 23.6 Å². The molecule has 0 aromatic heterocycles. The van der Waals surface area contributed by atoms with E-state index in [4.69, 9.17) is 0 Å². The summed E-state index contributed by atoms with van der Waals surface area (Å²) in [4.78, 5) is 16.9. The highest BCUT2D eigenvalue weighted by Crippen LogP contribution is 2.32. The summed E-state index contributed by atoms with van der Waals surface area (Å²) in [5.74, 6) is 0.527. The number of carbonyl (C=O) groups is 1. The monoisotopic (exact) mass is 330 g/mol. The van der Waals surface area contributed by atoms with Gasteiger partial charge in [0, 0.05) is 38.6 Å². The van der Waals surface area contributed by atoms with Gasteiger partial charge in [-0.25, -0.2) is 4.39 Å². The summed E-state index contributed by atoms with van der Waals surface area (Å²) in [5, 5.41) is 0. The molecule has 2 aliphatic rings. The van der Waals surface area contributed by atoms with Crippen molar-refractivity contribution >= 4 is 5.91 Å². The highest BCUT2D eigenvalue weighted by Gasteiger charge is 2.38. The maximum absolute atomic E-state index is 13.4. The molecule has 2 atom stereocenters. The number of benzene rings is 1. The van der Waals surface area contributed by atoms with Crippen LogP contribution in [-0.2, 0) is 11.3 Å². The van der Waals surface area contributed by atoms with Crippen molar-refractivity contribution in [3.8, 4) is 0 Å². The van der Waals surface area contributed by atoms with Gasteiger partial charge in [0.1, 0.15) is 5.82 Å². The minimum absolute atomic E-state index is 0.221. The molecule has 1 aromatic carbocycles. The smallest absolute Gasteiger partial charge is 0.223 e. The fourth-order valence-electron chi connectivity index (χ4n) is 3.94. The van der Waals surface area contributed by atoms with Gasteiger partial charge in [0.2, 0.25) is 5.91 Å². The number of nitrogens with zero attached hydrogens (tertiary/aromatic N) is 2. The van der Waals surface area contributed by atoms with Gasteiger partial charge in [-0.05, 0) is 50.3 Å². The summed E-state index contributed by atoms with van der Waals surface area (Å²) in [6.45, 7) is 7.88. The Morgan fingerprint density at radius 1 is 1.33 bits per heavy atom. The van der Waals surface area contributed by atoms with Gasteiger partial charge in [0.25, 0.3) is 0 Å². The van der Waals surface area contributed by atoms with Gasteiger partial charge in [-0.3, -0.25) is 9.69 Å². The van der Waals surface area contributed by atoms with Gasteiger partial charge in [-0.1, -0.05) is 23.8 Å². The quantitative estimate of drug-likeness (QED) is 0.788. The first-order valence-electron chi connectivity index (χ1n) is 8.92. The van der Waals surface area contributed by atoms with E-state index in [9.17, 15) is 9.18 Å². The Hall–Kier alpha value is -1.68. The Bertz CT molecular complexity index is 624. The number of carbonyl (C=O) groups excluding carboxylic acids is 1. The molecule has 0 unspecified atom stereocenters. The van der Waals surface area contributed by atoms with Crippen molar-refractivity contribution in [1.29, 1.82) is 0 Å². The van der Waals surface area contributed by atoms with Crippen molar-refractivity contribution in [2.24, 2.45) is 5.92 Å². The number of likely N-dealkylation sites (tertiary alicyclic amines) is 2. The van der Waals surface area contributed by atoms with Crippen LogP contribution in [0.25, 0.3) is 0 Å². The second-order valence-electron chi connectivity index (χ2n) is 7.35. The second-order valence-corrected chi connectivity index (χ2v) is 7.35. The number of rotatable bonds is 4. The summed E-state index contributed by atoms with van der Waals surface area (Å²) < 4.78 is 13.4. The van der Waals surface area contributed by atoms with Gasteiger partial charge >= 0.3 is 0 Å². The molecule has 1 amide bonds. The van der Waals surface area contributed by atoms with Gasteiger partial charge in [-0.15, -0.1) is 0 Å². The summed E-state index contributed by atoms with van der Waals surface area (Å²) in [6.07, 6.45) is 4.89. The highest BCUT2D eigenvalue weighted by atomic mass is 19.1. The first-order valence-corrected chi connectivity index (χ1v) is 8.92. The van der Waals surface area contributed by atoms with Crippen LogP contribution in [0.2, 0.25) is 0 Å². The zero-order valence-electron chi connectivity index (χ0n) is 14.7. The van der Waals surface area contributed by atoms with E-state index in [0.29, 0.717) is 24.9 Å². The molecule has 4 heteroatoms. The minimum Gasteiger partial charge on any atom is -0.335 e. The molecule has 1 aromatic rings. The van der Waals surface area contributed by atoms with E-state index in [1.54, 1.807) is 12.1 Å². The van der Waals surface area contributed by atoms with Crippen LogP contribution in [0.1, 0.15) is 38.7 Å². The summed E-state index contributed by atoms with van der Waals surface area (Å²) in [6, 6.07) is 6.92. The lowest BCUT2D eigenvalue weighted by molar-refractivity contribution is -0.141. The van der Waals surface area contributed by atoms with Crippen molar-refractivity contribution in [2.45, 2.75) is 45.7 Å². The van der Waals surface area contributed by atoms with E-state index in [0.717, 1.165) is 38.0 Å². The van der Waals surface area contributed by atoms with Gasteiger partial charge in [-0.2, -0.15) is 0 Å². The van der Waals surface area contributed by atoms with E-state index in [1.807, 2.05) is 11.0 Å². The van der Waals surface area contributed by atoms with Crippen molar-refractivity contribution in [3.05, 3.63) is 47.3 Å². The van der Waals surface area contributed by atoms with Crippen molar-refractivity contribution in [2.75, 3.05) is 19.6 Å². The molecule has 2 saturated heterocycles. The van der Waals surface area contributed by atoms with E-state index in [2.05, 4.69) is 24.8 Å². The molecule has 0 N–H and O–H groups in total. The fourth-order valence-corrected chi connectivity index (χ4v) is 3.94. The molecule has 0 saturated carbocycles. The van der Waals surface area contributed by atoms with E-state index >= 15 is 0 Å². The average molecular weight is 330 g/mol. The first-order chi connectivity index (χ1) is 11.5. The van der Waals surface area contributed by atoms with Gasteiger partial charge in [0.15, 0.2) is 0 Å². The van der Waals surface area contributed by atoms with Gasteiger partial charge in [0.05, 0.1) is 0 Å². The normalized spacial score (nSPS) is 24.6. The lowest BCUT2D eigenvalue weighted by Crippen LogP contribution is -2.55. The molecule has 2 heterocycles.